The van der Waals surface area contributed by atoms with Gasteiger partial charge in [0.05, 0.1) is 11.6 Å². The van der Waals surface area contributed by atoms with Crippen molar-refractivity contribution in [3.8, 4) is 6.07 Å². The molecule has 150 valence electrons. The third kappa shape index (κ3) is 4.55. The van der Waals surface area contributed by atoms with Gasteiger partial charge >= 0.3 is 0 Å². The fraction of sp³-hybridized carbons (Fsp3) is 0.217. The number of rotatable bonds is 5. The molecule has 0 aliphatic carbocycles. The maximum Gasteiger partial charge on any atom is 0.255 e. The van der Waals surface area contributed by atoms with E-state index in [1.54, 1.807) is 24.3 Å². The fourth-order valence-electron chi connectivity index (χ4n) is 3.44. The first-order valence-corrected chi connectivity index (χ1v) is 9.90. The normalized spacial score (nSPS) is 13.0. The molecule has 1 saturated heterocycles. The first kappa shape index (κ1) is 19.4. The summed E-state index contributed by atoms with van der Waals surface area (Å²) < 4.78 is 0. The molecule has 1 fully saturated rings. The number of nitrogens with zero attached hydrogens (tertiary/aromatic N) is 4. The summed E-state index contributed by atoms with van der Waals surface area (Å²) in [6, 6.07) is 18.0. The molecule has 30 heavy (non-hydrogen) atoms. The van der Waals surface area contributed by atoms with Crippen LogP contribution in [0.1, 0.15) is 34.6 Å². The van der Waals surface area contributed by atoms with Crippen LogP contribution in [0.5, 0.6) is 0 Å². The SMILES string of the molecule is Cc1nc(Nc2ccc(NC(=O)c3cccc(C#N)c3)cc2)cc(N2CCCC2)n1. The zero-order chi connectivity index (χ0) is 20.9. The van der Waals surface area contributed by atoms with E-state index < -0.39 is 0 Å². The van der Waals surface area contributed by atoms with E-state index in [1.165, 1.54) is 12.8 Å². The van der Waals surface area contributed by atoms with Crippen molar-refractivity contribution in [2.24, 2.45) is 0 Å². The molecule has 0 radical (unpaired) electrons. The van der Waals surface area contributed by atoms with Crippen LogP contribution >= 0.6 is 0 Å². The standard InChI is InChI=1S/C23H22N6O/c1-16-25-21(14-22(26-16)29-11-2-3-12-29)27-19-7-9-20(10-8-19)28-23(30)18-6-4-5-17(13-18)15-24/h4-10,13-14H,2-3,11-12H2,1H3,(H,28,30)(H,25,26,27). The molecule has 7 nitrogen and oxygen atoms in total. The summed E-state index contributed by atoms with van der Waals surface area (Å²) >= 11 is 0. The summed E-state index contributed by atoms with van der Waals surface area (Å²) in [4.78, 5) is 23.7. The highest BCUT2D eigenvalue weighted by molar-refractivity contribution is 6.04. The zero-order valence-electron chi connectivity index (χ0n) is 16.7. The van der Waals surface area contributed by atoms with Crippen molar-refractivity contribution in [2.75, 3.05) is 28.6 Å². The lowest BCUT2D eigenvalue weighted by Crippen LogP contribution is -2.19. The second-order valence-corrected chi connectivity index (χ2v) is 7.20. The molecule has 1 amide bonds. The van der Waals surface area contributed by atoms with Gasteiger partial charge in [-0.15, -0.1) is 0 Å². The van der Waals surface area contributed by atoms with Gasteiger partial charge in [0.1, 0.15) is 17.5 Å². The molecule has 4 rings (SSSR count). The number of aryl methyl sites for hydroxylation is 1. The van der Waals surface area contributed by atoms with Crippen LogP contribution in [0.4, 0.5) is 23.0 Å². The van der Waals surface area contributed by atoms with E-state index >= 15 is 0 Å². The molecule has 0 saturated carbocycles. The molecular formula is C23H22N6O. The van der Waals surface area contributed by atoms with Gasteiger partial charge in [-0.05, 0) is 62.2 Å². The Labute approximate surface area is 175 Å². The largest absolute Gasteiger partial charge is 0.356 e. The van der Waals surface area contributed by atoms with Gasteiger partial charge in [-0.25, -0.2) is 9.97 Å². The lowest BCUT2D eigenvalue weighted by Gasteiger charge is -2.18. The molecule has 0 spiro atoms. The van der Waals surface area contributed by atoms with Crippen molar-refractivity contribution in [1.82, 2.24) is 9.97 Å². The Hall–Kier alpha value is -3.92. The average molecular weight is 398 g/mol. The minimum absolute atomic E-state index is 0.255. The number of anilines is 4. The van der Waals surface area contributed by atoms with Crippen LogP contribution in [0, 0.1) is 18.3 Å². The molecule has 0 bridgehead atoms. The van der Waals surface area contributed by atoms with Crippen molar-refractivity contribution in [3.63, 3.8) is 0 Å². The van der Waals surface area contributed by atoms with E-state index in [-0.39, 0.29) is 5.91 Å². The minimum Gasteiger partial charge on any atom is -0.356 e. The Bertz CT molecular complexity index is 1100. The summed E-state index contributed by atoms with van der Waals surface area (Å²) in [5.41, 5.74) is 2.44. The summed E-state index contributed by atoms with van der Waals surface area (Å²) in [6.07, 6.45) is 2.39. The Morgan fingerprint density at radius 2 is 1.77 bits per heavy atom. The van der Waals surface area contributed by atoms with E-state index in [4.69, 9.17) is 5.26 Å². The fourth-order valence-corrected chi connectivity index (χ4v) is 3.44. The Morgan fingerprint density at radius 3 is 2.50 bits per heavy atom. The maximum atomic E-state index is 12.4. The van der Waals surface area contributed by atoms with Crippen molar-refractivity contribution < 1.29 is 4.79 Å². The quantitative estimate of drug-likeness (QED) is 0.667. The minimum atomic E-state index is -0.255. The predicted molar refractivity (Wildman–Crippen MR) is 117 cm³/mol. The molecule has 2 N–H and O–H groups in total. The van der Waals surface area contributed by atoms with Crippen molar-refractivity contribution >= 4 is 28.9 Å². The Balaban J connectivity index is 1.44. The predicted octanol–water partition coefficient (Wildman–Crippen LogP) is 4.25. The van der Waals surface area contributed by atoms with Crippen LogP contribution in [-0.2, 0) is 0 Å². The second kappa shape index (κ2) is 8.62. The molecule has 3 aromatic rings. The summed E-state index contributed by atoms with van der Waals surface area (Å²) in [5, 5.41) is 15.1. The number of aromatic nitrogens is 2. The lowest BCUT2D eigenvalue weighted by molar-refractivity contribution is 0.102. The Kier molecular flexibility index (Phi) is 5.57. The Morgan fingerprint density at radius 1 is 1.03 bits per heavy atom. The number of carbonyl (C=O) groups is 1. The molecule has 2 aromatic carbocycles. The third-order valence-corrected chi connectivity index (χ3v) is 4.92. The number of nitriles is 1. The van der Waals surface area contributed by atoms with Crippen LogP contribution in [0.3, 0.4) is 0 Å². The number of carbonyl (C=O) groups excluding carboxylic acids is 1. The van der Waals surface area contributed by atoms with Gasteiger partial charge in [-0.1, -0.05) is 6.07 Å². The summed E-state index contributed by atoms with van der Waals surface area (Å²) in [6.45, 7) is 3.95. The van der Waals surface area contributed by atoms with E-state index in [2.05, 4.69) is 25.5 Å². The van der Waals surface area contributed by atoms with E-state index in [9.17, 15) is 4.79 Å². The highest BCUT2D eigenvalue weighted by Gasteiger charge is 2.15. The van der Waals surface area contributed by atoms with Gasteiger partial charge in [0.15, 0.2) is 0 Å². The van der Waals surface area contributed by atoms with E-state index in [1.807, 2.05) is 43.3 Å². The first-order chi connectivity index (χ1) is 14.6. The van der Waals surface area contributed by atoms with Crippen LogP contribution < -0.4 is 15.5 Å². The van der Waals surface area contributed by atoms with Gasteiger partial charge < -0.3 is 15.5 Å². The van der Waals surface area contributed by atoms with Gasteiger partial charge in [0.25, 0.3) is 5.91 Å². The molecule has 1 aliphatic heterocycles. The van der Waals surface area contributed by atoms with Crippen molar-refractivity contribution in [2.45, 2.75) is 19.8 Å². The molecule has 1 aromatic heterocycles. The summed E-state index contributed by atoms with van der Waals surface area (Å²) in [7, 11) is 0. The molecular weight excluding hydrogens is 376 g/mol. The van der Waals surface area contributed by atoms with Crippen LogP contribution in [0.15, 0.2) is 54.6 Å². The topological polar surface area (TPSA) is 93.9 Å². The number of amides is 1. The average Bonchev–Trinajstić information content (AvgIpc) is 3.30. The van der Waals surface area contributed by atoms with Gasteiger partial charge in [-0.2, -0.15) is 5.26 Å². The molecule has 2 heterocycles. The number of nitrogens with one attached hydrogen (secondary N) is 2. The highest BCUT2D eigenvalue weighted by Crippen LogP contribution is 2.23. The lowest BCUT2D eigenvalue weighted by atomic mass is 10.1. The zero-order valence-corrected chi connectivity index (χ0v) is 16.7. The molecule has 0 unspecified atom stereocenters. The van der Waals surface area contributed by atoms with Crippen LogP contribution in [-0.4, -0.2) is 29.0 Å². The van der Waals surface area contributed by atoms with Crippen molar-refractivity contribution in [1.29, 1.82) is 5.26 Å². The van der Waals surface area contributed by atoms with Gasteiger partial charge in [-0.3, -0.25) is 4.79 Å². The number of hydrogen-bond acceptors (Lipinski definition) is 6. The number of hydrogen-bond donors (Lipinski definition) is 2. The highest BCUT2D eigenvalue weighted by atomic mass is 16.1. The molecule has 1 aliphatic rings. The molecule has 0 atom stereocenters. The van der Waals surface area contributed by atoms with Gasteiger partial charge in [0, 0.05) is 36.1 Å². The van der Waals surface area contributed by atoms with Crippen LogP contribution in [0.25, 0.3) is 0 Å². The van der Waals surface area contributed by atoms with Crippen LogP contribution in [0.2, 0.25) is 0 Å². The monoisotopic (exact) mass is 398 g/mol. The smallest absolute Gasteiger partial charge is 0.255 e. The summed E-state index contributed by atoms with van der Waals surface area (Å²) in [5.74, 6) is 2.17. The molecule has 7 heteroatoms. The maximum absolute atomic E-state index is 12.4. The third-order valence-electron chi connectivity index (χ3n) is 4.92. The van der Waals surface area contributed by atoms with Crippen molar-refractivity contribution in [3.05, 3.63) is 71.5 Å². The number of benzene rings is 2. The van der Waals surface area contributed by atoms with E-state index in [0.29, 0.717) is 16.8 Å². The van der Waals surface area contributed by atoms with E-state index in [0.717, 1.165) is 36.2 Å². The van der Waals surface area contributed by atoms with Gasteiger partial charge in [0.2, 0.25) is 0 Å². The second-order valence-electron chi connectivity index (χ2n) is 7.20. The first-order valence-electron chi connectivity index (χ1n) is 9.90.